The zero-order chi connectivity index (χ0) is 9.84. The molecule has 4 heteroatoms. The number of hydrogen-bond donors (Lipinski definition) is 1. The minimum atomic E-state index is -0.736. The predicted octanol–water partition coefficient (Wildman–Crippen LogP) is 1.32. The van der Waals surface area contributed by atoms with Gasteiger partial charge < -0.3 is 5.73 Å². The molecular weight excluding hydrogens is 193 g/mol. The van der Waals surface area contributed by atoms with E-state index in [1.165, 1.54) is 18.2 Å². The van der Waals surface area contributed by atoms with Crippen molar-refractivity contribution in [1.82, 2.24) is 0 Å². The molecule has 0 aliphatic rings. The summed E-state index contributed by atoms with van der Waals surface area (Å²) in [6.45, 7) is 0. The van der Waals surface area contributed by atoms with Gasteiger partial charge in [-0.2, -0.15) is 0 Å². The molecule has 0 radical (unpaired) electrons. The van der Waals surface area contributed by atoms with E-state index in [4.69, 9.17) is 17.3 Å². The van der Waals surface area contributed by atoms with Gasteiger partial charge >= 0.3 is 0 Å². The van der Waals surface area contributed by atoms with Gasteiger partial charge in [0.25, 0.3) is 5.91 Å². The van der Waals surface area contributed by atoms with Crippen molar-refractivity contribution in [2.75, 3.05) is 0 Å². The number of amides is 1. The summed E-state index contributed by atoms with van der Waals surface area (Å²) in [5, 5.41) is -0.0312. The molecule has 1 aromatic carbocycles. The first-order chi connectivity index (χ1) is 6.09. The lowest BCUT2D eigenvalue weighted by Gasteiger charge is -1.93. The molecule has 0 heterocycles. The van der Waals surface area contributed by atoms with Gasteiger partial charge in [-0.3, -0.25) is 4.79 Å². The van der Waals surface area contributed by atoms with Crippen LogP contribution in [-0.2, 0) is 4.79 Å². The highest BCUT2D eigenvalue weighted by Gasteiger charge is 1.98. The Hall–Kier alpha value is -1.53. The highest BCUT2D eigenvalue weighted by molar-refractivity contribution is 6.30. The first-order valence-corrected chi connectivity index (χ1v) is 3.74. The average Bonchev–Trinajstić information content (AvgIpc) is 2.07. The zero-order valence-electron chi connectivity index (χ0n) is 6.47. The molecule has 0 saturated heterocycles. The number of halogens is 2. The van der Waals surface area contributed by atoms with E-state index in [1.54, 1.807) is 0 Å². The van der Waals surface area contributed by atoms with Gasteiger partial charge in [0, 0.05) is 5.56 Å². The number of rotatable bonds is 0. The highest BCUT2D eigenvalue weighted by atomic mass is 35.5. The van der Waals surface area contributed by atoms with Crippen LogP contribution >= 0.6 is 11.6 Å². The van der Waals surface area contributed by atoms with Crippen LogP contribution < -0.4 is 5.73 Å². The van der Waals surface area contributed by atoms with Crippen LogP contribution in [0.15, 0.2) is 18.2 Å². The second kappa shape index (κ2) is 3.92. The van der Waals surface area contributed by atoms with Crippen molar-refractivity contribution in [3.8, 4) is 11.8 Å². The molecule has 2 nitrogen and oxygen atoms in total. The van der Waals surface area contributed by atoms with Gasteiger partial charge in [-0.1, -0.05) is 17.5 Å². The fourth-order valence-electron chi connectivity index (χ4n) is 0.708. The molecule has 2 N–H and O–H groups in total. The van der Waals surface area contributed by atoms with E-state index in [1.807, 2.05) is 0 Å². The van der Waals surface area contributed by atoms with Crippen molar-refractivity contribution >= 4 is 17.5 Å². The molecule has 0 fully saturated rings. The Morgan fingerprint density at radius 2 is 2.23 bits per heavy atom. The first kappa shape index (κ1) is 9.56. The highest BCUT2D eigenvalue weighted by Crippen LogP contribution is 2.14. The molecule has 0 aliphatic carbocycles. The van der Waals surface area contributed by atoms with Crippen molar-refractivity contribution < 1.29 is 9.18 Å². The van der Waals surface area contributed by atoms with Gasteiger partial charge in [-0.15, -0.1) is 0 Å². The van der Waals surface area contributed by atoms with Gasteiger partial charge in [-0.25, -0.2) is 4.39 Å². The van der Waals surface area contributed by atoms with Gasteiger partial charge in [0.15, 0.2) is 0 Å². The second-order valence-corrected chi connectivity index (χ2v) is 2.65. The Bertz CT molecular complexity index is 406. The fourth-order valence-corrected chi connectivity index (χ4v) is 0.888. The van der Waals surface area contributed by atoms with Crippen molar-refractivity contribution in [3.63, 3.8) is 0 Å². The van der Waals surface area contributed by atoms with Gasteiger partial charge in [0.1, 0.15) is 5.82 Å². The lowest BCUT2D eigenvalue weighted by atomic mass is 10.2. The maximum Gasteiger partial charge on any atom is 0.293 e. The number of benzene rings is 1. The monoisotopic (exact) mass is 197 g/mol. The molecule has 66 valence electrons. The maximum absolute atomic E-state index is 12.6. The summed E-state index contributed by atoms with van der Waals surface area (Å²) in [6.07, 6.45) is 0. The third-order valence-corrected chi connectivity index (χ3v) is 1.54. The molecule has 0 aliphatic heterocycles. The van der Waals surface area contributed by atoms with Crippen LogP contribution in [0.25, 0.3) is 0 Å². The minimum absolute atomic E-state index is 0.0312. The third kappa shape index (κ3) is 2.77. The number of carbonyl (C=O) groups excluding carboxylic acids is 1. The molecule has 0 saturated carbocycles. The molecule has 0 spiro atoms. The smallest absolute Gasteiger partial charge is 0.293 e. The molecule has 0 atom stereocenters. The number of nitrogens with two attached hydrogens (primary N) is 1. The minimum Gasteiger partial charge on any atom is -0.359 e. The summed E-state index contributed by atoms with van der Waals surface area (Å²) in [7, 11) is 0. The summed E-state index contributed by atoms with van der Waals surface area (Å²) < 4.78 is 12.6. The molecular formula is C9H5ClFNO. The van der Waals surface area contributed by atoms with Crippen molar-refractivity contribution in [3.05, 3.63) is 34.6 Å². The van der Waals surface area contributed by atoms with E-state index in [0.29, 0.717) is 5.56 Å². The largest absolute Gasteiger partial charge is 0.359 e. The predicted molar refractivity (Wildman–Crippen MR) is 47.5 cm³/mol. The molecule has 1 rings (SSSR count). The molecule has 13 heavy (non-hydrogen) atoms. The van der Waals surface area contributed by atoms with E-state index >= 15 is 0 Å². The molecule has 0 aromatic heterocycles. The maximum atomic E-state index is 12.6. The van der Waals surface area contributed by atoms with Crippen LogP contribution in [0.4, 0.5) is 4.39 Å². The Morgan fingerprint density at radius 3 is 2.77 bits per heavy atom. The SMILES string of the molecule is NC(=O)C#Cc1ccc(F)c(Cl)c1. The standard InChI is InChI=1S/C9H5ClFNO/c10-7-5-6(1-3-8(7)11)2-4-9(12)13/h1,3,5H,(H2,12,13). The summed E-state index contributed by atoms with van der Waals surface area (Å²) in [5.74, 6) is 3.30. The lowest BCUT2D eigenvalue weighted by Crippen LogP contribution is -2.06. The van der Waals surface area contributed by atoms with Crippen molar-refractivity contribution in [1.29, 1.82) is 0 Å². The van der Waals surface area contributed by atoms with Crippen LogP contribution in [0, 0.1) is 17.7 Å². The van der Waals surface area contributed by atoms with Gasteiger partial charge in [0.2, 0.25) is 0 Å². The van der Waals surface area contributed by atoms with Crippen LogP contribution in [0.2, 0.25) is 5.02 Å². The quantitative estimate of drug-likeness (QED) is 0.627. The van der Waals surface area contributed by atoms with E-state index in [9.17, 15) is 9.18 Å². The first-order valence-electron chi connectivity index (χ1n) is 3.36. The lowest BCUT2D eigenvalue weighted by molar-refractivity contribution is -0.112. The Kier molecular flexibility index (Phi) is 2.88. The molecule has 0 unspecified atom stereocenters. The fraction of sp³-hybridized carbons (Fsp3) is 0. The molecule has 0 bridgehead atoms. The zero-order valence-corrected chi connectivity index (χ0v) is 7.23. The summed E-state index contributed by atoms with van der Waals surface area (Å²) in [4.78, 5) is 10.3. The van der Waals surface area contributed by atoms with E-state index < -0.39 is 11.7 Å². The van der Waals surface area contributed by atoms with E-state index in [-0.39, 0.29) is 5.02 Å². The van der Waals surface area contributed by atoms with Crippen molar-refractivity contribution in [2.45, 2.75) is 0 Å². The topological polar surface area (TPSA) is 43.1 Å². The Labute approximate surface area is 79.5 Å². The number of primary amides is 1. The van der Waals surface area contributed by atoms with Crippen LogP contribution in [-0.4, -0.2) is 5.91 Å². The van der Waals surface area contributed by atoms with Gasteiger partial charge in [0.05, 0.1) is 5.02 Å². The van der Waals surface area contributed by atoms with Crippen LogP contribution in [0.5, 0.6) is 0 Å². The summed E-state index contributed by atoms with van der Waals surface area (Å²) in [6, 6.07) is 3.91. The van der Waals surface area contributed by atoms with Crippen LogP contribution in [0.1, 0.15) is 5.56 Å². The Balaban J connectivity index is 3.00. The van der Waals surface area contributed by atoms with E-state index in [2.05, 4.69) is 11.8 Å². The Morgan fingerprint density at radius 1 is 1.54 bits per heavy atom. The summed E-state index contributed by atoms with van der Waals surface area (Å²) >= 11 is 5.47. The van der Waals surface area contributed by atoms with Crippen molar-refractivity contribution in [2.24, 2.45) is 5.73 Å². The van der Waals surface area contributed by atoms with Gasteiger partial charge in [-0.05, 0) is 24.1 Å². The molecule has 1 aromatic rings. The van der Waals surface area contributed by atoms with E-state index in [0.717, 1.165) is 0 Å². The molecule has 1 amide bonds. The number of hydrogen-bond acceptors (Lipinski definition) is 1. The normalized spacial score (nSPS) is 8.77. The summed E-state index contributed by atoms with van der Waals surface area (Å²) in [5.41, 5.74) is 5.24. The number of carbonyl (C=O) groups is 1. The second-order valence-electron chi connectivity index (χ2n) is 2.24. The third-order valence-electron chi connectivity index (χ3n) is 1.25. The average molecular weight is 198 g/mol. The van der Waals surface area contributed by atoms with Crippen LogP contribution in [0.3, 0.4) is 0 Å².